The van der Waals surface area contributed by atoms with Crippen molar-refractivity contribution < 1.29 is 9.18 Å². The molecular formula is C20H16FN3OS2. The summed E-state index contributed by atoms with van der Waals surface area (Å²) in [5.41, 5.74) is 2.58. The van der Waals surface area contributed by atoms with E-state index in [1.165, 1.54) is 40.8 Å². The minimum Gasteiger partial charge on any atom is -0.309 e. The highest BCUT2D eigenvalue weighted by molar-refractivity contribution is 8.00. The van der Waals surface area contributed by atoms with E-state index >= 15 is 0 Å². The molecule has 0 bridgehead atoms. The van der Waals surface area contributed by atoms with Gasteiger partial charge in [-0.1, -0.05) is 17.7 Å². The van der Waals surface area contributed by atoms with Crippen molar-refractivity contribution in [2.45, 2.75) is 11.8 Å². The maximum atomic E-state index is 13.2. The second-order valence-corrected chi connectivity index (χ2v) is 7.94. The average molecular weight is 398 g/mol. The van der Waals surface area contributed by atoms with Gasteiger partial charge in [0, 0.05) is 22.0 Å². The molecule has 2 heterocycles. The number of aryl methyl sites for hydroxylation is 1. The number of halogens is 1. The molecule has 0 fully saturated rings. The van der Waals surface area contributed by atoms with E-state index in [0.717, 1.165) is 15.4 Å². The number of rotatable bonds is 5. The number of hydrogen-bond acceptors (Lipinski definition) is 4. The molecule has 0 spiro atoms. The summed E-state index contributed by atoms with van der Waals surface area (Å²) < 4.78 is 15.1. The Hall–Kier alpha value is -2.64. The first-order chi connectivity index (χ1) is 13.1. The van der Waals surface area contributed by atoms with Crippen LogP contribution in [0, 0.1) is 12.7 Å². The number of thioether (sulfide) groups is 1. The number of amides is 1. The maximum absolute atomic E-state index is 13.2. The molecule has 0 saturated carbocycles. The number of fused-ring (bicyclic) bond motifs is 1. The number of carbonyl (C=O) groups excluding carboxylic acids is 1. The number of imidazole rings is 1. The SMILES string of the molecule is Cc1ccc(SCC(=O)Nc2c(-c3ccc(F)cc3)nc3sccn23)cc1. The minimum absolute atomic E-state index is 0.114. The highest BCUT2D eigenvalue weighted by Crippen LogP contribution is 2.31. The van der Waals surface area contributed by atoms with E-state index < -0.39 is 0 Å². The largest absolute Gasteiger partial charge is 0.309 e. The van der Waals surface area contributed by atoms with Gasteiger partial charge in [-0.2, -0.15) is 0 Å². The summed E-state index contributed by atoms with van der Waals surface area (Å²) in [6.07, 6.45) is 1.86. The van der Waals surface area contributed by atoms with Crippen LogP contribution in [0.4, 0.5) is 10.2 Å². The molecule has 0 atom stereocenters. The highest BCUT2D eigenvalue weighted by Gasteiger charge is 2.17. The zero-order chi connectivity index (χ0) is 18.8. The van der Waals surface area contributed by atoms with Gasteiger partial charge in [0.1, 0.15) is 17.3 Å². The fourth-order valence-electron chi connectivity index (χ4n) is 2.67. The van der Waals surface area contributed by atoms with Gasteiger partial charge in [-0.15, -0.1) is 23.1 Å². The first-order valence-corrected chi connectivity index (χ1v) is 10.2. The van der Waals surface area contributed by atoms with Gasteiger partial charge in [0.25, 0.3) is 0 Å². The Balaban J connectivity index is 1.56. The van der Waals surface area contributed by atoms with Gasteiger partial charge in [0.05, 0.1) is 5.75 Å². The van der Waals surface area contributed by atoms with Crippen molar-refractivity contribution in [1.29, 1.82) is 0 Å². The molecule has 0 unspecified atom stereocenters. The van der Waals surface area contributed by atoms with Crippen molar-refractivity contribution in [2.24, 2.45) is 0 Å². The lowest BCUT2D eigenvalue weighted by Crippen LogP contribution is -2.15. The van der Waals surface area contributed by atoms with E-state index in [2.05, 4.69) is 10.3 Å². The molecule has 0 saturated heterocycles. The van der Waals surface area contributed by atoms with Crippen molar-refractivity contribution in [2.75, 3.05) is 11.1 Å². The molecule has 2 aromatic heterocycles. The number of aromatic nitrogens is 2. The van der Waals surface area contributed by atoms with E-state index in [1.54, 1.807) is 12.1 Å². The number of nitrogens with one attached hydrogen (secondary N) is 1. The quantitative estimate of drug-likeness (QED) is 0.469. The average Bonchev–Trinajstić information content (AvgIpc) is 3.25. The predicted octanol–water partition coefficient (Wildman–Crippen LogP) is 5.24. The Morgan fingerprint density at radius 3 is 2.67 bits per heavy atom. The Labute approximate surface area is 164 Å². The lowest BCUT2D eigenvalue weighted by Gasteiger charge is -2.07. The minimum atomic E-state index is -0.306. The van der Waals surface area contributed by atoms with Gasteiger partial charge in [-0.3, -0.25) is 9.20 Å². The van der Waals surface area contributed by atoms with Crippen LogP contribution in [0.2, 0.25) is 0 Å². The molecule has 4 nitrogen and oxygen atoms in total. The summed E-state index contributed by atoms with van der Waals surface area (Å²) in [6, 6.07) is 14.2. The van der Waals surface area contributed by atoms with Crippen molar-refractivity contribution in [3.63, 3.8) is 0 Å². The lowest BCUT2D eigenvalue weighted by atomic mass is 10.1. The van der Waals surface area contributed by atoms with Gasteiger partial charge in [0.15, 0.2) is 4.96 Å². The number of nitrogens with zero attached hydrogens (tertiary/aromatic N) is 2. The van der Waals surface area contributed by atoms with Crippen molar-refractivity contribution in [3.8, 4) is 11.3 Å². The molecule has 136 valence electrons. The highest BCUT2D eigenvalue weighted by atomic mass is 32.2. The summed E-state index contributed by atoms with van der Waals surface area (Å²) in [5.74, 6) is 0.479. The third-order valence-corrected chi connectivity index (χ3v) is 5.80. The van der Waals surface area contributed by atoms with Crippen LogP contribution >= 0.6 is 23.1 Å². The van der Waals surface area contributed by atoms with Crippen LogP contribution in [-0.2, 0) is 4.79 Å². The normalized spacial score (nSPS) is 11.0. The van der Waals surface area contributed by atoms with Crippen LogP contribution in [0.1, 0.15) is 5.56 Å². The number of benzene rings is 2. The summed E-state index contributed by atoms with van der Waals surface area (Å²) in [5, 5.41) is 4.88. The van der Waals surface area contributed by atoms with E-state index in [-0.39, 0.29) is 11.7 Å². The Kier molecular flexibility index (Phi) is 4.96. The number of thiazole rings is 1. The topological polar surface area (TPSA) is 46.4 Å². The monoisotopic (exact) mass is 397 g/mol. The van der Waals surface area contributed by atoms with E-state index in [9.17, 15) is 9.18 Å². The lowest BCUT2D eigenvalue weighted by molar-refractivity contribution is -0.113. The standard InChI is InChI=1S/C20H16FN3OS2/c1-13-2-8-16(9-3-13)27-12-17(25)22-19-18(14-4-6-15(21)7-5-14)23-20-24(19)10-11-26-20/h2-11H,12H2,1H3,(H,22,25). The first-order valence-electron chi connectivity index (χ1n) is 8.31. The van der Waals surface area contributed by atoms with Gasteiger partial charge < -0.3 is 5.32 Å². The van der Waals surface area contributed by atoms with Crippen LogP contribution in [0.3, 0.4) is 0 Å². The fraction of sp³-hybridized carbons (Fsp3) is 0.100. The van der Waals surface area contributed by atoms with Gasteiger partial charge >= 0.3 is 0 Å². The summed E-state index contributed by atoms with van der Waals surface area (Å²) in [6.45, 7) is 2.03. The van der Waals surface area contributed by atoms with Crippen LogP contribution in [0.5, 0.6) is 0 Å². The molecule has 7 heteroatoms. The zero-order valence-corrected chi connectivity index (χ0v) is 16.1. The van der Waals surface area contributed by atoms with Crippen LogP contribution in [0.25, 0.3) is 16.2 Å². The maximum Gasteiger partial charge on any atom is 0.235 e. The second kappa shape index (κ2) is 7.54. The summed E-state index contributed by atoms with van der Waals surface area (Å²) in [4.78, 5) is 18.9. The number of carbonyl (C=O) groups is 1. The van der Waals surface area contributed by atoms with Crippen molar-refractivity contribution >= 4 is 39.8 Å². The number of anilines is 1. The summed E-state index contributed by atoms with van der Waals surface area (Å²) in [7, 11) is 0. The molecule has 0 aliphatic carbocycles. The van der Waals surface area contributed by atoms with E-state index in [4.69, 9.17) is 0 Å². The van der Waals surface area contributed by atoms with Crippen molar-refractivity contribution in [3.05, 3.63) is 71.5 Å². The molecule has 0 aliphatic rings. The third kappa shape index (κ3) is 3.89. The number of hydrogen-bond donors (Lipinski definition) is 1. The molecule has 27 heavy (non-hydrogen) atoms. The molecular weight excluding hydrogens is 381 g/mol. The smallest absolute Gasteiger partial charge is 0.235 e. The first kappa shape index (κ1) is 17.8. The van der Waals surface area contributed by atoms with Gasteiger partial charge in [-0.25, -0.2) is 9.37 Å². The third-order valence-electron chi connectivity index (χ3n) is 4.03. The molecule has 2 aromatic carbocycles. The van der Waals surface area contributed by atoms with Crippen LogP contribution in [0.15, 0.2) is 65.0 Å². The van der Waals surface area contributed by atoms with Crippen LogP contribution < -0.4 is 5.32 Å². The predicted molar refractivity (Wildman–Crippen MR) is 109 cm³/mol. The molecule has 1 N–H and O–H groups in total. The fourth-order valence-corrected chi connectivity index (χ4v) is 4.08. The Morgan fingerprint density at radius 1 is 1.19 bits per heavy atom. The Bertz CT molecular complexity index is 1080. The molecule has 0 radical (unpaired) electrons. The van der Waals surface area contributed by atoms with Crippen molar-refractivity contribution in [1.82, 2.24) is 9.38 Å². The van der Waals surface area contributed by atoms with Crippen LogP contribution in [-0.4, -0.2) is 21.0 Å². The van der Waals surface area contributed by atoms with Gasteiger partial charge in [0.2, 0.25) is 5.91 Å². The molecule has 1 amide bonds. The van der Waals surface area contributed by atoms with E-state index in [0.29, 0.717) is 17.3 Å². The molecule has 4 rings (SSSR count). The second-order valence-electron chi connectivity index (χ2n) is 6.02. The van der Waals surface area contributed by atoms with Gasteiger partial charge in [-0.05, 0) is 43.3 Å². The van der Waals surface area contributed by atoms with E-state index in [1.807, 2.05) is 47.2 Å². The zero-order valence-electron chi connectivity index (χ0n) is 14.5. The molecule has 0 aliphatic heterocycles. The molecule has 4 aromatic rings. The summed E-state index contributed by atoms with van der Waals surface area (Å²) >= 11 is 2.96. The Morgan fingerprint density at radius 2 is 1.93 bits per heavy atom.